The van der Waals surface area contributed by atoms with Gasteiger partial charge in [0, 0.05) is 19.1 Å². The maximum atomic E-state index is 12.5. The highest BCUT2D eigenvalue weighted by atomic mass is 16.3. The van der Waals surface area contributed by atoms with Crippen molar-refractivity contribution in [1.82, 2.24) is 4.90 Å². The van der Waals surface area contributed by atoms with Gasteiger partial charge in [-0.25, -0.2) is 0 Å². The second-order valence-corrected chi connectivity index (χ2v) is 6.51. The third-order valence-electron chi connectivity index (χ3n) is 4.64. The molecular weight excluding hydrogens is 228 g/mol. The molecular formula is C14H26N2O2. The van der Waals surface area contributed by atoms with Gasteiger partial charge in [-0.2, -0.15) is 0 Å². The van der Waals surface area contributed by atoms with Crippen molar-refractivity contribution in [3.8, 4) is 0 Å². The van der Waals surface area contributed by atoms with E-state index in [9.17, 15) is 9.90 Å². The van der Waals surface area contributed by atoms with E-state index in [2.05, 4.69) is 6.92 Å². The number of hydrogen-bond donors (Lipinski definition) is 2. The zero-order valence-corrected chi connectivity index (χ0v) is 11.6. The number of carbonyl (C=O) groups excluding carboxylic acids is 1. The lowest BCUT2D eigenvalue weighted by atomic mass is 9.78. The Morgan fingerprint density at radius 1 is 1.33 bits per heavy atom. The third kappa shape index (κ3) is 3.04. The molecule has 1 aliphatic carbocycles. The number of piperidine rings is 1. The Kier molecular flexibility index (Phi) is 3.97. The lowest BCUT2D eigenvalue weighted by molar-refractivity contribution is -0.141. The maximum Gasteiger partial charge on any atom is 0.227 e. The molecule has 3 N–H and O–H groups in total. The molecule has 2 aliphatic rings. The minimum absolute atomic E-state index is 0.00296. The zero-order valence-electron chi connectivity index (χ0n) is 11.6. The third-order valence-corrected chi connectivity index (χ3v) is 4.64. The molecule has 4 nitrogen and oxygen atoms in total. The van der Waals surface area contributed by atoms with Crippen molar-refractivity contribution in [2.24, 2.45) is 17.6 Å². The summed E-state index contributed by atoms with van der Waals surface area (Å²) in [6.45, 7) is 5.39. The van der Waals surface area contributed by atoms with E-state index >= 15 is 0 Å². The second kappa shape index (κ2) is 5.17. The summed E-state index contributed by atoms with van der Waals surface area (Å²) in [7, 11) is 0. The van der Waals surface area contributed by atoms with E-state index in [1.165, 1.54) is 0 Å². The first-order valence-corrected chi connectivity index (χ1v) is 7.16. The van der Waals surface area contributed by atoms with Crippen molar-refractivity contribution in [2.75, 3.05) is 13.1 Å². The number of likely N-dealkylation sites (tertiary alicyclic amines) is 1. The molecule has 3 unspecified atom stereocenters. The fourth-order valence-corrected chi connectivity index (χ4v) is 3.13. The number of hydrogen-bond acceptors (Lipinski definition) is 3. The molecule has 0 aromatic heterocycles. The Hall–Kier alpha value is -0.610. The summed E-state index contributed by atoms with van der Waals surface area (Å²) >= 11 is 0. The Morgan fingerprint density at radius 3 is 2.56 bits per heavy atom. The van der Waals surface area contributed by atoms with Crippen LogP contribution >= 0.6 is 0 Å². The maximum absolute atomic E-state index is 12.5. The van der Waals surface area contributed by atoms with Crippen LogP contribution in [0.5, 0.6) is 0 Å². The molecule has 0 bridgehead atoms. The largest absolute Gasteiger partial charge is 0.390 e. The van der Waals surface area contributed by atoms with Gasteiger partial charge in [-0.3, -0.25) is 4.79 Å². The van der Waals surface area contributed by atoms with E-state index in [1.54, 1.807) is 0 Å². The average Bonchev–Trinajstić information content (AvgIpc) is 2.31. The van der Waals surface area contributed by atoms with Crippen molar-refractivity contribution >= 4 is 5.91 Å². The van der Waals surface area contributed by atoms with Gasteiger partial charge >= 0.3 is 0 Å². The van der Waals surface area contributed by atoms with E-state index in [4.69, 9.17) is 5.73 Å². The fraction of sp³-hybridized carbons (Fsp3) is 0.929. The second-order valence-electron chi connectivity index (χ2n) is 6.51. The summed E-state index contributed by atoms with van der Waals surface area (Å²) in [6.07, 6.45) is 4.38. The van der Waals surface area contributed by atoms with Crippen LogP contribution in [-0.4, -0.2) is 40.6 Å². The van der Waals surface area contributed by atoms with Crippen molar-refractivity contribution in [2.45, 2.75) is 57.6 Å². The first-order valence-electron chi connectivity index (χ1n) is 7.16. The molecule has 0 aromatic rings. The van der Waals surface area contributed by atoms with Gasteiger partial charge < -0.3 is 15.7 Å². The monoisotopic (exact) mass is 254 g/mol. The van der Waals surface area contributed by atoms with Crippen LogP contribution in [0.4, 0.5) is 0 Å². The normalized spacial score (nSPS) is 36.4. The minimum atomic E-state index is -0.598. The van der Waals surface area contributed by atoms with Gasteiger partial charge in [-0.1, -0.05) is 6.92 Å². The van der Waals surface area contributed by atoms with E-state index in [0.717, 1.165) is 19.3 Å². The molecule has 0 spiro atoms. The average molecular weight is 254 g/mol. The van der Waals surface area contributed by atoms with Crippen LogP contribution < -0.4 is 5.73 Å². The van der Waals surface area contributed by atoms with Gasteiger partial charge in [0.25, 0.3) is 0 Å². The molecule has 3 atom stereocenters. The van der Waals surface area contributed by atoms with E-state index in [1.807, 2.05) is 11.8 Å². The van der Waals surface area contributed by atoms with Gasteiger partial charge in [0.1, 0.15) is 0 Å². The first-order chi connectivity index (χ1) is 8.39. The predicted molar refractivity (Wildman–Crippen MR) is 70.9 cm³/mol. The molecule has 2 fully saturated rings. The molecule has 0 radical (unpaired) electrons. The number of aliphatic hydroxyl groups is 1. The SMILES string of the molecule is CC1CCC(N)C(C(=O)N2CCC(C)(O)CC2)C1. The highest BCUT2D eigenvalue weighted by Crippen LogP contribution is 2.31. The molecule has 1 aliphatic heterocycles. The number of rotatable bonds is 1. The van der Waals surface area contributed by atoms with Crippen molar-refractivity contribution in [1.29, 1.82) is 0 Å². The number of nitrogens with zero attached hydrogens (tertiary/aromatic N) is 1. The van der Waals surface area contributed by atoms with Gasteiger partial charge in [-0.15, -0.1) is 0 Å². The smallest absolute Gasteiger partial charge is 0.227 e. The molecule has 4 heteroatoms. The highest BCUT2D eigenvalue weighted by molar-refractivity contribution is 5.79. The Bertz CT molecular complexity index is 307. The Labute approximate surface area is 110 Å². The zero-order chi connectivity index (χ0) is 13.3. The van der Waals surface area contributed by atoms with Crippen molar-refractivity contribution < 1.29 is 9.90 Å². The van der Waals surface area contributed by atoms with Crippen LogP contribution in [0.1, 0.15) is 46.0 Å². The van der Waals surface area contributed by atoms with E-state index in [0.29, 0.717) is 31.8 Å². The molecule has 104 valence electrons. The number of nitrogens with two attached hydrogens (primary N) is 1. The summed E-state index contributed by atoms with van der Waals surface area (Å²) in [4.78, 5) is 14.4. The van der Waals surface area contributed by atoms with Crippen molar-refractivity contribution in [3.05, 3.63) is 0 Å². The van der Waals surface area contributed by atoms with Crippen molar-refractivity contribution in [3.63, 3.8) is 0 Å². The lowest BCUT2D eigenvalue weighted by Gasteiger charge is -2.40. The van der Waals surface area contributed by atoms with E-state index < -0.39 is 5.60 Å². The predicted octanol–water partition coefficient (Wildman–Crippen LogP) is 1.12. The summed E-state index contributed by atoms with van der Waals surface area (Å²) in [5.41, 5.74) is 5.51. The fourth-order valence-electron chi connectivity index (χ4n) is 3.13. The molecule has 0 aromatic carbocycles. The standard InChI is InChI=1S/C14H26N2O2/c1-10-3-4-12(15)11(9-10)13(17)16-7-5-14(2,18)6-8-16/h10-12,18H,3-9,15H2,1-2H3. The van der Waals surface area contributed by atoms with Gasteiger partial charge in [0.15, 0.2) is 0 Å². The van der Waals surface area contributed by atoms with Crippen LogP contribution in [-0.2, 0) is 4.79 Å². The highest BCUT2D eigenvalue weighted by Gasteiger charge is 2.37. The molecule has 1 saturated heterocycles. The summed E-state index contributed by atoms with van der Waals surface area (Å²) < 4.78 is 0. The van der Waals surface area contributed by atoms with Gasteiger partial charge in [0.05, 0.1) is 11.5 Å². The Morgan fingerprint density at radius 2 is 1.94 bits per heavy atom. The topological polar surface area (TPSA) is 66.6 Å². The minimum Gasteiger partial charge on any atom is -0.390 e. The van der Waals surface area contributed by atoms with Gasteiger partial charge in [0.2, 0.25) is 5.91 Å². The van der Waals surface area contributed by atoms with Crippen LogP contribution in [0.2, 0.25) is 0 Å². The van der Waals surface area contributed by atoms with E-state index in [-0.39, 0.29) is 17.9 Å². The van der Waals surface area contributed by atoms with Gasteiger partial charge in [-0.05, 0) is 44.9 Å². The van der Waals surface area contributed by atoms with Crippen LogP contribution in [0.25, 0.3) is 0 Å². The molecule has 1 amide bonds. The van der Waals surface area contributed by atoms with Crippen LogP contribution in [0.3, 0.4) is 0 Å². The molecule has 2 rings (SSSR count). The first kappa shape index (κ1) is 13.8. The molecule has 1 heterocycles. The Balaban J connectivity index is 1.94. The summed E-state index contributed by atoms with van der Waals surface area (Å²) in [6, 6.07) is 0.0242. The van der Waals surface area contributed by atoms with Crippen LogP contribution in [0, 0.1) is 11.8 Å². The number of amides is 1. The quantitative estimate of drug-likeness (QED) is 0.737. The van der Waals surface area contributed by atoms with Crippen LogP contribution in [0.15, 0.2) is 0 Å². The molecule has 18 heavy (non-hydrogen) atoms. The lowest BCUT2D eigenvalue weighted by Crippen LogP contribution is -2.51. The molecule has 1 saturated carbocycles. The summed E-state index contributed by atoms with van der Waals surface area (Å²) in [5.74, 6) is 0.813. The summed E-state index contributed by atoms with van der Waals surface area (Å²) in [5, 5.41) is 9.92. The number of carbonyl (C=O) groups is 1.